The van der Waals surface area contributed by atoms with Gasteiger partial charge in [-0.3, -0.25) is 18.7 Å². The molecule has 1 aliphatic rings. The number of carbonyl (C=O) groups excluding carboxylic acids is 1. The second kappa shape index (κ2) is 8.50. The molecule has 0 saturated carbocycles. The van der Waals surface area contributed by atoms with E-state index in [1.54, 1.807) is 24.3 Å². The number of benzene rings is 3. The zero-order chi connectivity index (χ0) is 22.9. The van der Waals surface area contributed by atoms with Gasteiger partial charge in [-0.05, 0) is 53.8 Å². The van der Waals surface area contributed by atoms with Gasteiger partial charge in [0.25, 0.3) is 5.56 Å². The number of nitrogens with one attached hydrogen (secondary N) is 1. The molecule has 1 unspecified atom stereocenters. The van der Waals surface area contributed by atoms with Gasteiger partial charge in [-0.15, -0.1) is 0 Å². The average molecular weight is 443 g/mol. The first-order chi connectivity index (χ1) is 16.0. The SMILES string of the molecule is O=C(Cn1c(=O)n(Cc2ccc(F)cc2)c(=O)c2ccccc21)NC1CCc2ccccc21. The molecule has 0 radical (unpaired) electrons. The van der Waals surface area contributed by atoms with Gasteiger partial charge in [-0.1, -0.05) is 48.5 Å². The van der Waals surface area contributed by atoms with Crippen molar-refractivity contribution in [3.8, 4) is 0 Å². The molecule has 7 heteroatoms. The monoisotopic (exact) mass is 443 g/mol. The number of para-hydroxylation sites is 1. The number of hydrogen-bond donors (Lipinski definition) is 1. The maximum Gasteiger partial charge on any atom is 0.332 e. The summed E-state index contributed by atoms with van der Waals surface area (Å²) in [5, 5.41) is 3.38. The lowest BCUT2D eigenvalue weighted by molar-refractivity contribution is -0.122. The van der Waals surface area contributed by atoms with Crippen LogP contribution in [0.1, 0.15) is 29.2 Å². The summed E-state index contributed by atoms with van der Waals surface area (Å²) in [5.41, 5.74) is 2.32. The fraction of sp³-hybridized carbons (Fsp3) is 0.192. The second-order valence-corrected chi connectivity index (χ2v) is 8.26. The molecule has 33 heavy (non-hydrogen) atoms. The Morgan fingerprint density at radius 3 is 2.48 bits per heavy atom. The van der Waals surface area contributed by atoms with E-state index in [-0.39, 0.29) is 25.0 Å². The van der Waals surface area contributed by atoms with Crippen LogP contribution in [0.15, 0.2) is 82.4 Å². The highest BCUT2D eigenvalue weighted by atomic mass is 19.1. The molecule has 1 atom stereocenters. The van der Waals surface area contributed by atoms with E-state index in [0.717, 1.165) is 23.0 Å². The fourth-order valence-electron chi connectivity index (χ4n) is 4.53. The first kappa shape index (κ1) is 20.9. The number of nitrogens with zero attached hydrogens (tertiary/aromatic N) is 2. The minimum atomic E-state index is -0.579. The molecule has 1 heterocycles. The summed E-state index contributed by atoms with van der Waals surface area (Å²) in [7, 11) is 0. The van der Waals surface area contributed by atoms with Crippen molar-refractivity contribution in [2.45, 2.75) is 32.0 Å². The molecule has 6 nitrogen and oxygen atoms in total. The molecule has 0 saturated heterocycles. The molecule has 1 N–H and O–H groups in total. The zero-order valence-electron chi connectivity index (χ0n) is 17.8. The summed E-state index contributed by atoms with van der Waals surface area (Å²) in [6, 6.07) is 20.3. The molecule has 0 fully saturated rings. The van der Waals surface area contributed by atoms with Gasteiger partial charge < -0.3 is 5.32 Å². The third-order valence-electron chi connectivity index (χ3n) is 6.16. The van der Waals surface area contributed by atoms with Crippen molar-refractivity contribution in [1.29, 1.82) is 0 Å². The third-order valence-corrected chi connectivity index (χ3v) is 6.16. The molecule has 5 rings (SSSR count). The van der Waals surface area contributed by atoms with Crippen molar-refractivity contribution in [3.05, 3.63) is 116 Å². The Morgan fingerprint density at radius 1 is 0.939 bits per heavy atom. The van der Waals surface area contributed by atoms with Crippen molar-refractivity contribution in [2.24, 2.45) is 0 Å². The van der Waals surface area contributed by atoms with E-state index in [0.29, 0.717) is 16.5 Å². The van der Waals surface area contributed by atoms with Crippen molar-refractivity contribution in [2.75, 3.05) is 0 Å². The van der Waals surface area contributed by atoms with Gasteiger partial charge in [-0.2, -0.15) is 0 Å². The van der Waals surface area contributed by atoms with E-state index in [1.807, 2.05) is 18.2 Å². The molecule has 3 aromatic carbocycles. The minimum Gasteiger partial charge on any atom is -0.348 e. The number of aromatic nitrogens is 2. The Labute approximate surface area is 188 Å². The lowest BCUT2D eigenvalue weighted by atomic mass is 10.1. The quantitative estimate of drug-likeness (QED) is 0.515. The average Bonchev–Trinajstić information content (AvgIpc) is 3.23. The molecule has 4 aromatic rings. The molecule has 0 spiro atoms. The van der Waals surface area contributed by atoms with E-state index in [4.69, 9.17) is 0 Å². The smallest absolute Gasteiger partial charge is 0.332 e. The highest BCUT2D eigenvalue weighted by Gasteiger charge is 2.24. The Bertz CT molecular complexity index is 1470. The summed E-state index contributed by atoms with van der Waals surface area (Å²) in [6.45, 7) is -0.220. The molecular weight excluding hydrogens is 421 g/mol. The van der Waals surface area contributed by atoms with Crippen LogP contribution in [0.2, 0.25) is 0 Å². The van der Waals surface area contributed by atoms with Crippen molar-refractivity contribution >= 4 is 16.8 Å². The van der Waals surface area contributed by atoms with Crippen LogP contribution in [0.3, 0.4) is 0 Å². The standard InChI is InChI=1S/C26H22FN3O3/c27-19-12-9-17(10-13-19)15-30-25(32)21-7-3-4-8-23(21)29(26(30)33)16-24(31)28-22-14-11-18-5-1-2-6-20(18)22/h1-10,12-13,22H,11,14-16H2,(H,28,31). The maximum absolute atomic E-state index is 13.3. The van der Waals surface area contributed by atoms with Gasteiger partial charge in [0.05, 0.1) is 23.5 Å². The highest BCUT2D eigenvalue weighted by molar-refractivity contribution is 5.82. The van der Waals surface area contributed by atoms with Gasteiger partial charge in [0, 0.05) is 0 Å². The zero-order valence-corrected chi connectivity index (χ0v) is 17.8. The highest BCUT2D eigenvalue weighted by Crippen LogP contribution is 2.30. The predicted molar refractivity (Wildman–Crippen MR) is 124 cm³/mol. The Kier molecular flexibility index (Phi) is 5.38. The summed E-state index contributed by atoms with van der Waals surface area (Å²) < 4.78 is 15.7. The normalized spacial score (nSPS) is 14.9. The number of fused-ring (bicyclic) bond motifs is 2. The third kappa shape index (κ3) is 3.98. The van der Waals surface area contributed by atoms with Crippen LogP contribution < -0.4 is 16.6 Å². The van der Waals surface area contributed by atoms with E-state index in [1.165, 1.54) is 34.4 Å². The van der Waals surface area contributed by atoms with E-state index < -0.39 is 17.1 Å². The van der Waals surface area contributed by atoms with Gasteiger partial charge in [0.2, 0.25) is 5.91 Å². The van der Waals surface area contributed by atoms with Crippen molar-refractivity contribution in [1.82, 2.24) is 14.5 Å². The van der Waals surface area contributed by atoms with Gasteiger partial charge in [0.15, 0.2) is 0 Å². The van der Waals surface area contributed by atoms with Crippen LogP contribution in [0, 0.1) is 5.82 Å². The van der Waals surface area contributed by atoms with E-state index in [2.05, 4.69) is 11.4 Å². The molecule has 1 aromatic heterocycles. The number of carbonyl (C=O) groups is 1. The second-order valence-electron chi connectivity index (χ2n) is 8.26. The Balaban J connectivity index is 1.49. The van der Waals surface area contributed by atoms with Gasteiger partial charge >= 0.3 is 5.69 Å². The van der Waals surface area contributed by atoms with Gasteiger partial charge in [0.1, 0.15) is 12.4 Å². The number of rotatable bonds is 5. The summed E-state index contributed by atoms with van der Waals surface area (Å²) in [5.74, 6) is -0.692. The fourth-order valence-corrected chi connectivity index (χ4v) is 4.53. The van der Waals surface area contributed by atoms with Crippen molar-refractivity contribution in [3.63, 3.8) is 0 Å². The molecule has 1 amide bonds. The van der Waals surface area contributed by atoms with Crippen LogP contribution >= 0.6 is 0 Å². The van der Waals surface area contributed by atoms with Crippen LogP contribution in [0.4, 0.5) is 4.39 Å². The lowest BCUT2D eigenvalue weighted by Gasteiger charge is -2.17. The number of amides is 1. The molecule has 0 bridgehead atoms. The largest absolute Gasteiger partial charge is 0.348 e. The number of hydrogen-bond acceptors (Lipinski definition) is 3. The van der Waals surface area contributed by atoms with Crippen LogP contribution in [0.5, 0.6) is 0 Å². The van der Waals surface area contributed by atoms with Crippen LogP contribution in [0.25, 0.3) is 10.9 Å². The topological polar surface area (TPSA) is 73.1 Å². The summed E-state index contributed by atoms with van der Waals surface area (Å²) >= 11 is 0. The number of halogens is 1. The van der Waals surface area contributed by atoms with Crippen LogP contribution in [-0.4, -0.2) is 15.0 Å². The lowest BCUT2D eigenvalue weighted by Crippen LogP contribution is -2.43. The molecule has 1 aliphatic carbocycles. The van der Waals surface area contributed by atoms with Crippen molar-refractivity contribution < 1.29 is 9.18 Å². The number of aryl methyl sites for hydroxylation is 1. The van der Waals surface area contributed by atoms with E-state index >= 15 is 0 Å². The molecular formula is C26H22FN3O3. The molecule has 166 valence electrons. The van der Waals surface area contributed by atoms with E-state index in [9.17, 15) is 18.8 Å². The first-order valence-corrected chi connectivity index (χ1v) is 10.9. The minimum absolute atomic E-state index is 0.0135. The maximum atomic E-state index is 13.3. The Morgan fingerprint density at radius 2 is 1.67 bits per heavy atom. The molecule has 0 aliphatic heterocycles. The first-order valence-electron chi connectivity index (χ1n) is 10.9. The van der Waals surface area contributed by atoms with Gasteiger partial charge in [-0.25, -0.2) is 9.18 Å². The summed E-state index contributed by atoms with van der Waals surface area (Å²) in [4.78, 5) is 39.3. The predicted octanol–water partition coefficient (Wildman–Crippen LogP) is 3.15. The summed E-state index contributed by atoms with van der Waals surface area (Å²) in [6.07, 6.45) is 1.71. The van der Waals surface area contributed by atoms with Crippen LogP contribution in [-0.2, 0) is 24.3 Å². The Hall–Kier alpha value is -4.00.